The van der Waals surface area contributed by atoms with E-state index < -0.39 is 4.92 Å². The highest BCUT2D eigenvalue weighted by molar-refractivity contribution is 5.91. The molecule has 0 spiro atoms. The Kier molecular flexibility index (Phi) is 11.9. The van der Waals surface area contributed by atoms with Gasteiger partial charge in [0.25, 0.3) is 5.69 Å². The lowest BCUT2D eigenvalue weighted by Gasteiger charge is -2.36. The molecule has 0 radical (unpaired) electrons. The number of nitrogens with zero attached hydrogens (tertiary/aromatic N) is 6. The maximum atomic E-state index is 11.1. The van der Waals surface area contributed by atoms with Gasteiger partial charge in [0, 0.05) is 82.5 Å². The van der Waals surface area contributed by atoms with Gasteiger partial charge in [-0.2, -0.15) is 0 Å². The molecule has 0 aliphatic carbocycles. The van der Waals surface area contributed by atoms with Crippen LogP contribution in [0, 0.1) is 10.1 Å². The molecule has 1 aromatic heterocycles. The summed E-state index contributed by atoms with van der Waals surface area (Å²) in [6, 6.07) is 10.3. The summed E-state index contributed by atoms with van der Waals surface area (Å²) in [4.78, 5) is 27.3. The van der Waals surface area contributed by atoms with Crippen molar-refractivity contribution in [2.24, 2.45) is 0 Å². The van der Waals surface area contributed by atoms with E-state index in [4.69, 9.17) is 14.2 Å². The molecule has 2 aliphatic rings. The van der Waals surface area contributed by atoms with Crippen LogP contribution >= 0.6 is 0 Å². The smallest absolute Gasteiger partial charge is 0.269 e. The molecule has 12 heteroatoms. The van der Waals surface area contributed by atoms with E-state index in [9.17, 15) is 10.1 Å². The number of non-ortho nitro benzene ring substituents is 1. The molecule has 0 saturated carbocycles. The zero-order chi connectivity index (χ0) is 30.6. The molecule has 3 heterocycles. The van der Waals surface area contributed by atoms with Gasteiger partial charge in [0.2, 0.25) is 0 Å². The molecule has 0 unspecified atom stereocenters. The van der Waals surface area contributed by atoms with Crippen molar-refractivity contribution in [3.05, 3.63) is 58.4 Å². The molecule has 12 nitrogen and oxygen atoms in total. The van der Waals surface area contributed by atoms with Gasteiger partial charge in [0.1, 0.15) is 12.1 Å². The Morgan fingerprint density at radius 3 is 2.36 bits per heavy atom. The van der Waals surface area contributed by atoms with Gasteiger partial charge in [-0.3, -0.25) is 19.9 Å². The Balaban J connectivity index is 1.02. The Hall–Kier alpha value is -3.58. The van der Waals surface area contributed by atoms with Crippen molar-refractivity contribution >= 4 is 22.4 Å². The van der Waals surface area contributed by atoms with Crippen LogP contribution in [0.3, 0.4) is 0 Å². The third-order valence-electron chi connectivity index (χ3n) is 8.43. The van der Waals surface area contributed by atoms with Crippen LogP contribution in [0.4, 0.5) is 11.5 Å². The number of nitrogens with one attached hydrogen (secondary N) is 1. The van der Waals surface area contributed by atoms with Crippen LogP contribution < -0.4 is 14.8 Å². The van der Waals surface area contributed by atoms with E-state index in [-0.39, 0.29) is 5.69 Å². The minimum Gasteiger partial charge on any atom is -0.493 e. The Bertz CT molecular complexity index is 1350. The average molecular weight is 608 g/mol. The SMILES string of the molecule is COc1cc2ncnc(NCc3cccc([N+](=O)[O-])c3)c2cc1OCCCCCCN1CCN(CCN2CCOCC2)CC1. The van der Waals surface area contributed by atoms with E-state index in [2.05, 4.69) is 30.0 Å². The minimum atomic E-state index is -0.393. The normalized spacial score (nSPS) is 16.7. The molecule has 1 N–H and O–H groups in total. The van der Waals surface area contributed by atoms with Crippen LogP contribution in [0.25, 0.3) is 10.9 Å². The summed E-state index contributed by atoms with van der Waals surface area (Å²) >= 11 is 0. The second-order valence-corrected chi connectivity index (χ2v) is 11.4. The summed E-state index contributed by atoms with van der Waals surface area (Å²) < 4.78 is 17.2. The van der Waals surface area contributed by atoms with Gasteiger partial charge in [-0.05, 0) is 31.0 Å². The summed E-state index contributed by atoms with van der Waals surface area (Å²) in [5, 5.41) is 15.2. The third kappa shape index (κ3) is 9.21. The van der Waals surface area contributed by atoms with Crippen molar-refractivity contribution in [2.45, 2.75) is 32.2 Å². The monoisotopic (exact) mass is 607 g/mol. The van der Waals surface area contributed by atoms with Gasteiger partial charge in [0.15, 0.2) is 11.5 Å². The number of fused-ring (bicyclic) bond motifs is 1. The van der Waals surface area contributed by atoms with Crippen LogP contribution in [0.5, 0.6) is 11.5 Å². The number of anilines is 1. The highest BCUT2D eigenvalue weighted by atomic mass is 16.6. The standard InChI is InChI=1S/C32H45N7O5/c1-42-30-23-29-28(32(35-25-34-29)33-24-26-7-6-8-27(21-26)39(40)41)22-31(30)44-18-5-3-2-4-9-36-10-12-37(13-11-36)14-15-38-16-19-43-20-17-38/h6-8,21-23,25H,2-5,9-20,24H2,1H3,(H,33,34,35). The van der Waals surface area contributed by atoms with Crippen LogP contribution in [-0.4, -0.2) is 115 Å². The van der Waals surface area contributed by atoms with Crippen LogP contribution in [0.1, 0.15) is 31.2 Å². The molecule has 2 fully saturated rings. The van der Waals surface area contributed by atoms with E-state index in [0.29, 0.717) is 30.5 Å². The fraction of sp³-hybridized carbons (Fsp3) is 0.562. The number of aromatic nitrogens is 2. The first-order chi connectivity index (χ1) is 21.6. The number of morpholine rings is 1. The molecule has 5 rings (SSSR count). The Morgan fingerprint density at radius 2 is 1.61 bits per heavy atom. The highest BCUT2D eigenvalue weighted by Crippen LogP contribution is 2.34. The quantitative estimate of drug-likeness (QED) is 0.144. The van der Waals surface area contributed by atoms with Crippen molar-refractivity contribution < 1.29 is 19.1 Å². The summed E-state index contributed by atoms with van der Waals surface area (Å²) in [6.07, 6.45) is 5.98. The van der Waals surface area contributed by atoms with Crippen molar-refractivity contribution in [1.82, 2.24) is 24.7 Å². The lowest BCUT2D eigenvalue weighted by atomic mass is 10.1. The third-order valence-corrected chi connectivity index (χ3v) is 8.43. The first-order valence-corrected chi connectivity index (χ1v) is 15.8. The Morgan fingerprint density at radius 1 is 0.886 bits per heavy atom. The number of methoxy groups -OCH3 is 1. The average Bonchev–Trinajstić information content (AvgIpc) is 3.06. The number of benzene rings is 2. The molecule has 0 atom stereocenters. The molecule has 2 aromatic carbocycles. The molecular formula is C32H45N7O5. The molecule has 3 aromatic rings. The van der Waals surface area contributed by atoms with E-state index in [1.54, 1.807) is 19.2 Å². The number of rotatable bonds is 16. The van der Waals surface area contributed by atoms with Gasteiger partial charge in [-0.25, -0.2) is 9.97 Å². The second-order valence-electron chi connectivity index (χ2n) is 11.4. The molecular weight excluding hydrogens is 562 g/mol. The number of nitro groups is 1. The molecule has 0 amide bonds. The minimum absolute atomic E-state index is 0.0609. The first kappa shape index (κ1) is 31.8. The van der Waals surface area contributed by atoms with Crippen LogP contribution in [-0.2, 0) is 11.3 Å². The van der Waals surface area contributed by atoms with E-state index in [1.165, 1.54) is 64.5 Å². The number of nitro benzene ring substituents is 1. The first-order valence-electron chi connectivity index (χ1n) is 15.8. The predicted molar refractivity (Wildman–Crippen MR) is 171 cm³/mol. The number of hydrogen-bond donors (Lipinski definition) is 1. The molecule has 2 aliphatic heterocycles. The summed E-state index contributed by atoms with van der Waals surface area (Å²) in [5.74, 6) is 1.91. The lowest BCUT2D eigenvalue weighted by Crippen LogP contribution is -2.49. The molecule has 0 bridgehead atoms. The zero-order valence-electron chi connectivity index (χ0n) is 25.8. The summed E-state index contributed by atoms with van der Waals surface area (Å²) in [7, 11) is 1.63. The van der Waals surface area contributed by atoms with Crippen molar-refractivity contribution in [3.8, 4) is 11.5 Å². The maximum Gasteiger partial charge on any atom is 0.269 e. The van der Waals surface area contributed by atoms with Crippen LogP contribution in [0.2, 0.25) is 0 Å². The second kappa shape index (κ2) is 16.5. The lowest BCUT2D eigenvalue weighted by molar-refractivity contribution is -0.384. The van der Waals surface area contributed by atoms with Crippen molar-refractivity contribution in [3.63, 3.8) is 0 Å². The highest BCUT2D eigenvalue weighted by Gasteiger charge is 2.18. The van der Waals surface area contributed by atoms with E-state index in [1.807, 2.05) is 18.2 Å². The van der Waals surface area contributed by atoms with E-state index >= 15 is 0 Å². The number of ether oxygens (including phenoxy) is 3. The number of unbranched alkanes of at least 4 members (excludes halogenated alkanes) is 3. The van der Waals surface area contributed by atoms with Gasteiger partial charge in [0.05, 0.1) is 37.4 Å². The summed E-state index contributed by atoms with van der Waals surface area (Å²) in [6.45, 7) is 13.1. The largest absolute Gasteiger partial charge is 0.493 e. The maximum absolute atomic E-state index is 11.1. The number of hydrogen-bond acceptors (Lipinski definition) is 11. The fourth-order valence-corrected chi connectivity index (χ4v) is 5.76. The molecule has 238 valence electrons. The van der Waals surface area contributed by atoms with Crippen molar-refractivity contribution in [1.29, 1.82) is 0 Å². The van der Waals surface area contributed by atoms with Gasteiger partial charge >= 0.3 is 0 Å². The van der Waals surface area contributed by atoms with Crippen molar-refractivity contribution in [2.75, 3.05) is 91.2 Å². The zero-order valence-corrected chi connectivity index (χ0v) is 25.8. The van der Waals surface area contributed by atoms with Gasteiger partial charge in [-0.1, -0.05) is 25.0 Å². The number of piperazine rings is 1. The van der Waals surface area contributed by atoms with Gasteiger partial charge in [-0.15, -0.1) is 0 Å². The fourth-order valence-electron chi connectivity index (χ4n) is 5.76. The van der Waals surface area contributed by atoms with E-state index in [0.717, 1.165) is 62.2 Å². The Labute approximate surface area is 259 Å². The molecule has 2 saturated heterocycles. The topological polar surface area (TPSA) is 118 Å². The summed E-state index contributed by atoms with van der Waals surface area (Å²) in [5.41, 5.74) is 1.58. The van der Waals surface area contributed by atoms with Crippen LogP contribution in [0.15, 0.2) is 42.7 Å². The van der Waals surface area contributed by atoms with Gasteiger partial charge < -0.3 is 24.4 Å². The predicted octanol–water partition coefficient (Wildman–Crippen LogP) is 4.05. The molecule has 44 heavy (non-hydrogen) atoms.